The van der Waals surface area contributed by atoms with Gasteiger partial charge in [0.15, 0.2) is 0 Å². The monoisotopic (exact) mass is 416 g/mol. The van der Waals surface area contributed by atoms with Crippen molar-refractivity contribution in [1.82, 2.24) is 10.9 Å². The summed E-state index contributed by atoms with van der Waals surface area (Å²) >= 11 is 0. The second-order valence-electron chi connectivity index (χ2n) is 10.1. The van der Waals surface area contributed by atoms with E-state index in [2.05, 4.69) is 34.9 Å². The molecule has 0 unspecified atom stereocenters. The predicted octanol–water partition coefficient (Wildman–Crippen LogP) is 4.65. The summed E-state index contributed by atoms with van der Waals surface area (Å²) in [6.07, 6.45) is 16.6. The van der Waals surface area contributed by atoms with Crippen LogP contribution in [0.15, 0.2) is 10.2 Å². The zero-order chi connectivity index (χ0) is 21.3. The Kier molecular flexibility index (Phi) is 8.88. The maximum atomic E-state index is 12.2. The fraction of sp³-hybridized carbons (Fsp3) is 0.833. The Balaban J connectivity index is 1.29. The minimum absolute atomic E-state index is 0.0853. The molecule has 0 saturated heterocycles. The highest BCUT2D eigenvalue weighted by Crippen LogP contribution is 2.30. The third kappa shape index (κ3) is 7.21. The van der Waals surface area contributed by atoms with E-state index in [-0.39, 0.29) is 23.7 Å². The Labute approximate surface area is 181 Å². The van der Waals surface area contributed by atoms with Crippen molar-refractivity contribution >= 4 is 24.2 Å². The Bertz CT molecular complexity index is 555. The molecule has 6 heteroatoms. The van der Waals surface area contributed by atoms with Gasteiger partial charge in [-0.25, -0.2) is 10.9 Å². The molecule has 3 saturated carbocycles. The summed E-state index contributed by atoms with van der Waals surface area (Å²) in [6, 6.07) is 0. The fourth-order valence-corrected chi connectivity index (χ4v) is 5.08. The smallest absolute Gasteiger partial charge is 0.243 e. The number of amides is 2. The van der Waals surface area contributed by atoms with E-state index in [1.165, 1.54) is 0 Å². The molecule has 0 atom stereocenters. The van der Waals surface area contributed by atoms with E-state index in [1.807, 2.05) is 12.4 Å². The summed E-state index contributed by atoms with van der Waals surface area (Å²) in [5, 5.41) is 8.48. The number of rotatable bonds is 6. The quantitative estimate of drug-likeness (QED) is 0.488. The summed E-state index contributed by atoms with van der Waals surface area (Å²) < 4.78 is 0. The van der Waals surface area contributed by atoms with Crippen LogP contribution in [-0.4, -0.2) is 24.2 Å². The van der Waals surface area contributed by atoms with Crippen LogP contribution in [-0.2, 0) is 9.59 Å². The largest absolute Gasteiger partial charge is 0.273 e. The molecule has 0 radical (unpaired) electrons. The first-order valence-electron chi connectivity index (χ1n) is 12.2. The summed E-state index contributed by atoms with van der Waals surface area (Å²) in [6.45, 7) is 4.52. The van der Waals surface area contributed by atoms with Crippen molar-refractivity contribution in [2.45, 2.75) is 90.9 Å². The molecular formula is C24H40N4O2. The maximum Gasteiger partial charge on any atom is 0.243 e. The van der Waals surface area contributed by atoms with Crippen molar-refractivity contribution in [2.75, 3.05) is 0 Å². The van der Waals surface area contributed by atoms with Gasteiger partial charge in [0.25, 0.3) is 0 Å². The first-order valence-corrected chi connectivity index (χ1v) is 12.2. The Morgan fingerprint density at radius 2 is 0.933 bits per heavy atom. The van der Waals surface area contributed by atoms with Gasteiger partial charge in [-0.15, -0.1) is 0 Å². The number of hydrogen-bond donors (Lipinski definition) is 2. The number of hydrogen-bond acceptors (Lipinski definition) is 4. The maximum absolute atomic E-state index is 12.2. The van der Waals surface area contributed by atoms with E-state index in [9.17, 15) is 9.59 Å². The second kappa shape index (κ2) is 11.6. The third-order valence-corrected chi connectivity index (χ3v) is 7.51. The summed E-state index contributed by atoms with van der Waals surface area (Å²) in [5.41, 5.74) is 5.53. The Morgan fingerprint density at radius 1 is 0.600 bits per heavy atom. The topological polar surface area (TPSA) is 82.9 Å². The number of hydrazone groups is 2. The van der Waals surface area contributed by atoms with Crippen molar-refractivity contribution in [3.05, 3.63) is 0 Å². The number of carbonyl (C=O) groups excluding carboxylic acids is 2. The van der Waals surface area contributed by atoms with Crippen LogP contribution >= 0.6 is 0 Å². The molecule has 3 aliphatic carbocycles. The van der Waals surface area contributed by atoms with Gasteiger partial charge in [0.05, 0.1) is 0 Å². The average Bonchev–Trinajstić information content (AvgIpc) is 2.75. The molecule has 3 rings (SSSR count). The van der Waals surface area contributed by atoms with Crippen LogP contribution in [0.1, 0.15) is 90.9 Å². The molecule has 0 aromatic heterocycles. The summed E-state index contributed by atoms with van der Waals surface area (Å²) in [4.78, 5) is 24.5. The van der Waals surface area contributed by atoms with Crippen molar-refractivity contribution in [3.63, 3.8) is 0 Å². The second-order valence-corrected chi connectivity index (χ2v) is 10.1. The van der Waals surface area contributed by atoms with Crippen LogP contribution in [0.3, 0.4) is 0 Å². The Hall–Kier alpha value is -1.72. The van der Waals surface area contributed by atoms with Gasteiger partial charge in [-0.3, -0.25) is 9.59 Å². The van der Waals surface area contributed by atoms with E-state index in [4.69, 9.17) is 0 Å². The zero-order valence-electron chi connectivity index (χ0n) is 18.8. The molecule has 3 aliphatic rings. The van der Waals surface area contributed by atoms with Crippen molar-refractivity contribution in [3.8, 4) is 0 Å². The van der Waals surface area contributed by atoms with Crippen LogP contribution in [0, 0.1) is 35.5 Å². The fourth-order valence-electron chi connectivity index (χ4n) is 5.08. The van der Waals surface area contributed by atoms with Crippen LogP contribution in [0.4, 0.5) is 0 Å². The molecule has 2 N–H and O–H groups in total. The summed E-state index contributed by atoms with van der Waals surface area (Å²) in [7, 11) is 0. The lowest BCUT2D eigenvalue weighted by Crippen LogP contribution is -2.30. The van der Waals surface area contributed by atoms with Gasteiger partial charge >= 0.3 is 0 Å². The molecule has 168 valence electrons. The molecule has 6 nitrogen and oxygen atoms in total. The van der Waals surface area contributed by atoms with Gasteiger partial charge in [0.2, 0.25) is 11.8 Å². The summed E-state index contributed by atoms with van der Waals surface area (Å²) in [5.74, 6) is 2.78. The number of nitrogens with zero attached hydrogens (tertiary/aromatic N) is 2. The van der Waals surface area contributed by atoms with Gasteiger partial charge in [0.1, 0.15) is 0 Å². The van der Waals surface area contributed by atoms with Gasteiger partial charge in [-0.05, 0) is 101 Å². The lowest BCUT2D eigenvalue weighted by molar-refractivity contribution is -0.126. The van der Waals surface area contributed by atoms with E-state index < -0.39 is 0 Å². The normalized spacial score (nSPS) is 35.4. The van der Waals surface area contributed by atoms with Gasteiger partial charge in [-0.2, -0.15) is 10.2 Å². The van der Waals surface area contributed by atoms with Crippen molar-refractivity contribution in [2.24, 2.45) is 45.7 Å². The molecule has 0 aromatic rings. The van der Waals surface area contributed by atoms with Crippen molar-refractivity contribution in [1.29, 1.82) is 0 Å². The lowest BCUT2D eigenvalue weighted by Gasteiger charge is -2.25. The molecule has 0 spiro atoms. The van der Waals surface area contributed by atoms with E-state index in [1.54, 1.807) is 0 Å². The molecule has 30 heavy (non-hydrogen) atoms. The number of nitrogens with one attached hydrogen (secondary N) is 2. The molecule has 3 fully saturated rings. The first kappa shape index (κ1) is 23.0. The minimum atomic E-state index is 0.0853. The third-order valence-electron chi connectivity index (χ3n) is 7.51. The van der Waals surface area contributed by atoms with Crippen LogP contribution in [0.5, 0.6) is 0 Å². The SMILES string of the molecule is CC1CCC(C(=O)N/N=C/C2CCC(/C=N/NC(=O)C3CCC(C)CC3)CC2)CC1. The lowest BCUT2D eigenvalue weighted by atomic mass is 9.82. The van der Waals surface area contributed by atoms with Crippen LogP contribution in [0.2, 0.25) is 0 Å². The van der Waals surface area contributed by atoms with Gasteiger partial charge in [-0.1, -0.05) is 13.8 Å². The van der Waals surface area contributed by atoms with Crippen molar-refractivity contribution < 1.29 is 9.59 Å². The van der Waals surface area contributed by atoms with E-state index in [0.29, 0.717) is 11.8 Å². The molecule has 2 amide bonds. The molecule has 0 bridgehead atoms. The van der Waals surface area contributed by atoms with Crippen LogP contribution in [0.25, 0.3) is 0 Å². The minimum Gasteiger partial charge on any atom is -0.273 e. The van der Waals surface area contributed by atoms with Gasteiger partial charge < -0.3 is 0 Å². The van der Waals surface area contributed by atoms with Crippen LogP contribution < -0.4 is 10.9 Å². The van der Waals surface area contributed by atoms with Gasteiger partial charge in [0, 0.05) is 24.3 Å². The van der Waals surface area contributed by atoms with E-state index >= 15 is 0 Å². The zero-order valence-corrected chi connectivity index (χ0v) is 18.8. The highest BCUT2D eigenvalue weighted by molar-refractivity contribution is 5.80. The Morgan fingerprint density at radius 3 is 1.27 bits per heavy atom. The number of carbonyl (C=O) groups is 2. The van der Waals surface area contributed by atoms with E-state index in [0.717, 1.165) is 88.9 Å². The molecule has 0 aliphatic heterocycles. The highest BCUT2D eigenvalue weighted by Gasteiger charge is 2.25. The molecule has 0 aromatic carbocycles. The predicted molar refractivity (Wildman–Crippen MR) is 121 cm³/mol. The molecule has 0 heterocycles. The standard InChI is InChI=1S/C24H40N4O2/c1-17-3-11-21(12-4-17)23(29)27-25-15-19-7-9-20(10-8-19)16-26-28-24(30)22-13-5-18(2)6-14-22/h15-22H,3-14H2,1-2H3,(H,27,29)(H,28,30)/b25-15+,26-16+. The molecular weight excluding hydrogens is 376 g/mol. The first-order chi connectivity index (χ1) is 14.5. The average molecular weight is 417 g/mol. The highest BCUT2D eigenvalue weighted by atomic mass is 16.2.